The van der Waals surface area contributed by atoms with Gasteiger partial charge in [0.1, 0.15) is 6.10 Å². The maximum Gasteiger partial charge on any atom is 0.166 e. The first kappa shape index (κ1) is 8.84. The van der Waals surface area contributed by atoms with Crippen LogP contribution in [0.5, 0.6) is 0 Å². The van der Waals surface area contributed by atoms with E-state index in [2.05, 4.69) is 4.98 Å². The van der Waals surface area contributed by atoms with E-state index in [9.17, 15) is 9.90 Å². The molecule has 0 spiro atoms. The zero-order valence-corrected chi connectivity index (χ0v) is 7.96. The molecular formula is C9H11NO2S. The maximum absolute atomic E-state index is 11.4. The van der Waals surface area contributed by atoms with Crippen molar-refractivity contribution in [3.63, 3.8) is 0 Å². The molecule has 2 rings (SSSR count). The first-order valence-corrected chi connectivity index (χ1v) is 5.23. The summed E-state index contributed by atoms with van der Waals surface area (Å²) < 4.78 is 0. The Kier molecular flexibility index (Phi) is 2.42. The van der Waals surface area contributed by atoms with Crippen LogP contribution in [0.1, 0.15) is 17.7 Å². The third-order valence-corrected chi connectivity index (χ3v) is 3.01. The monoisotopic (exact) mass is 197 g/mol. The molecule has 0 radical (unpaired) electrons. The molecule has 1 unspecified atom stereocenters. The van der Waals surface area contributed by atoms with Crippen LogP contribution in [0.2, 0.25) is 0 Å². The second kappa shape index (κ2) is 3.55. The minimum Gasteiger partial charge on any atom is -0.385 e. The summed E-state index contributed by atoms with van der Waals surface area (Å²) in [5.74, 6) is 0.173. The third-order valence-electron chi connectivity index (χ3n) is 2.23. The Hall–Kier alpha value is -0.740. The van der Waals surface area contributed by atoms with Crippen molar-refractivity contribution in [2.45, 2.75) is 25.4 Å². The molecule has 13 heavy (non-hydrogen) atoms. The molecule has 0 saturated heterocycles. The van der Waals surface area contributed by atoms with Crippen LogP contribution < -0.4 is 0 Å². The Morgan fingerprint density at radius 3 is 3.08 bits per heavy atom. The van der Waals surface area contributed by atoms with Gasteiger partial charge in [-0.25, -0.2) is 0 Å². The van der Waals surface area contributed by atoms with Crippen molar-refractivity contribution in [2.24, 2.45) is 5.92 Å². The molecule has 1 aliphatic carbocycles. The first-order valence-electron chi connectivity index (χ1n) is 4.35. The Balaban J connectivity index is 1.90. The van der Waals surface area contributed by atoms with Gasteiger partial charge in [0.05, 0.1) is 5.51 Å². The van der Waals surface area contributed by atoms with Gasteiger partial charge in [-0.2, -0.15) is 0 Å². The number of hydrogen-bond donors (Lipinski definition) is 1. The molecule has 4 heteroatoms. The second-order valence-corrected chi connectivity index (χ2v) is 4.36. The van der Waals surface area contributed by atoms with Crippen LogP contribution in [0.3, 0.4) is 0 Å². The van der Waals surface area contributed by atoms with Gasteiger partial charge >= 0.3 is 0 Å². The molecule has 1 aromatic heterocycles. The topological polar surface area (TPSA) is 50.2 Å². The summed E-state index contributed by atoms with van der Waals surface area (Å²) in [6.45, 7) is 0. The Bertz CT molecular complexity index is 293. The summed E-state index contributed by atoms with van der Waals surface area (Å²) in [4.78, 5) is 16.2. The molecule has 0 aromatic carbocycles. The van der Waals surface area contributed by atoms with Gasteiger partial charge in [-0.05, 0) is 18.8 Å². The Morgan fingerprint density at radius 2 is 2.54 bits per heavy atom. The van der Waals surface area contributed by atoms with Gasteiger partial charge in [0.15, 0.2) is 5.78 Å². The van der Waals surface area contributed by atoms with Gasteiger partial charge in [-0.15, -0.1) is 11.3 Å². The minimum absolute atomic E-state index is 0.0632. The number of aliphatic hydroxyl groups is 1. The summed E-state index contributed by atoms with van der Waals surface area (Å²) in [5.41, 5.74) is 1.70. The van der Waals surface area contributed by atoms with Crippen molar-refractivity contribution in [3.05, 3.63) is 16.6 Å². The highest BCUT2D eigenvalue weighted by atomic mass is 32.1. The molecule has 1 atom stereocenters. The average molecular weight is 197 g/mol. The van der Waals surface area contributed by atoms with E-state index in [1.165, 1.54) is 11.3 Å². The maximum atomic E-state index is 11.4. The molecular weight excluding hydrogens is 186 g/mol. The number of hydrogen-bond acceptors (Lipinski definition) is 4. The van der Waals surface area contributed by atoms with Crippen molar-refractivity contribution in [2.75, 3.05) is 0 Å². The van der Waals surface area contributed by atoms with Gasteiger partial charge < -0.3 is 5.11 Å². The normalized spacial score (nSPS) is 18.5. The molecule has 1 aliphatic rings. The lowest BCUT2D eigenvalue weighted by Crippen LogP contribution is -2.23. The van der Waals surface area contributed by atoms with E-state index >= 15 is 0 Å². The van der Waals surface area contributed by atoms with Crippen molar-refractivity contribution < 1.29 is 9.90 Å². The number of nitrogens with zero attached hydrogens (tertiary/aromatic N) is 1. The number of rotatable bonds is 4. The quantitative estimate of drug-likeness (QED) is 0.784. The summed E-state index contributed by atoms with van der Waals surface area (Å²) in [6, 6.07) is 0. The fourth-order valence-corrected chi connectivity index (χ4v) is 1.88. The zero-order valence-electron chi connectivity index (χ0n) is 7.14. The molecule has 0 aliphatic heterocycles. The molecule has 1 heterocycles. The highest BCUT2D eigenvalue weighted by Crippen LogP contribution is 2.33. The lowest BCUT2D eigenvalue weighted by molar-refractivity contribution is -0.127. The summed E-state index contributed by atoms with van der Waals surface area (Å²) in [7, 11) is 0. The van der Waals surface area contributed by atoms with Crippen LogP contribution in [-0.2, 0) is 11.2 Å². The fraction of sp³-hybridized carbons (Fsp3) is 0.556. The van der Waals surface area contributed by atoms with Crippen molar-refractivity contribution in [3.8, 4) is 0 Å². The first-order chi connectivity index (χ1) is 6.27. The van der Waals surface area contributed by atoms with Crippen LogP contribution in [0.15, 0.2) is 11.7 Å². The Morgan fingerprint density at radius 1 is 1.77 bits per heavy atom. The summed E-state index contributed by atoms with van der Waals surface area (Å²) in [5, 5.41) is 9.49. The Labute approximate surface area is 80.4 Å². The molecule has 1 fully saturated rings. The third kappa shape index (κ3) is 2.14. The standard InChI is InChI=1S/C9H11NO2S/c11-8(9(12)6-1-2-6)3-7-4-10-5-13-7/h4-6,9,12H,1-3H2. The number of carbonyl (C=O) groups excluding carboxylic acids is 1. The molecule has 0 bridgehead atoms. The smallest absolute Gasteiger partial charge is 0.166 e. The van der Waals surface area contributed by atoms with E-state index in [0.717, 1.165) is 17.7 Å². The largest absolute Gasteiger partial charge is 0.385 e. The SMILES string of the molecule is O=C(Cc1cncs1)C(O)C1CC1. The highest BCUT2D eigenvalue weighted by Gasteiger charge is 2.34. The lowest BCUT2D eigenvalue weighted by Gasteiger charge is -2.05. The predicted molar refractivity (Wildman–Crippen MR) is 49.6 cm³/mol. The number of Topliss-reactive ketones (excluding diaryl/α,β-unsaturated/α-hetero) is 1. The lowest BCUT2D eigenvalue weighted by atomic mass is 10.1. The van der Waals surface area contributed by atoms with Crippen LogP contribution in [0.4, 0.5) is 0 Å². The highest BCUT2D eigenvalue weighted by molar-refractivity contribution is 7.09. The minimum atomic E-state index is -0.734. The van der Waals surface area contributed by atoms with Crippen molar-refractivity contribution >= 4 is 17.1 Å². The molecule has 1 saturated carbocycles. The molecule has 70 valence electrons. The van der Waals surface area contributed by atoms with E-state index in [4.69, 9.17) is 0 Å². The molecule has 1 aromatic rings. The van der Waals surface area contributed by atoms with E-state index in [0.29, 0.717) is 6.42 Å². The summed E-state index contributed by atoms with van der Waals surface area (Å²) in [6.07, 6.45) is 3.28. The number of aromatic nitrogens is 1. The number of aliphatic hydroxyl groups excluding tert-OH is 1. The van der Waals surface area contributed by atoms with Gasteiger partial charge in [0, 0.05) is 17.5 Å². The summed E-state index contributed by atoms with van der Waals surface area (Å²) >= 11 is 1.46. The molecule has 3 nitrogen and oxygen atoms in total. The van der Waals surface area contributed by atoms with Crippen LogP contribution in [0, 0.1) is 5.92 Å². The number of thiazole rings is 1. The van der Waals surface area contributed by atoms with E-state index < -0.39 is 6.10 Å². The van der Waals surface area contributed by atoms with E-state index in [1.807, 2.05) is 0 Å². The van der Waals surface area contributed by atoms with Crippen molar-refractivity contribution in [1.82, 2.24) is 4.98 Å². The number of ketones is 1. The van der Waals surface area contributed by atoms with Crippen LogP contribution in [0.25, 0.3) is 0 Å². The van der Waals surface area contributed by atoms with Crippen LogP contribution in [-0.4, -0.2) is 22.0 Å². The molecule has 0 amide bonds. The zero-order chi connectivity index (χ0) is 9.26. The fourth-order valence-electron chi connectivity index (χ4n) is 1.28. The average Bonchev–Trinajstić information content (AvgIpc) is 2.85. The van der Waals surface area contributed by atoms with Gasteiger partial charge in [-0.3, -0.25) is 9.78 Å². The van der Waals surface area contributed by atoms with Gasteiger partial charge in [0.2, 0.25) is 0 Å². The molecule has 1 N–H and O–H groups in total. The van der Waals surface area contributed by atoms with Gasteiger partial charge in [0.25, 0.3) is 0 Å². The number of carbonyl (C=O) groups is 1. The second-order valence-electron chi connectivity index (χ2n) is 3.39. The van der Waals surface area contributed by atoms with Crippen molar-refractivity contribution in [1.29, 1.82) is 0 Å². The van der Waals surface area contributed by atoms with E-state index in [-0.39, 0.29) is 11.7 Å². The van der Waals surface area contributed by atoms with Gasteiger partial charge in [-0.1, -0.05) is 0 Å². The van der Waals surface area contributed by atoms with Crippen LogP contribution >= 0.6 is 11.3 Å². The predicted octanol–water partition coefficient (Wildman–Crippen LogP) is 1.03. The van der Waals surface area contributed by atoms with E-state index in [1.54, 1.807) is 11.7 Å².